The number of carbonyl (C=O) groups is 2. The van der Waals surface area contributed by atoms with Gasteiger partial charge in [0, 0.05) is 27.7 Å². The highest BCUT2D eigenvalue weighted by Crippen LogP contribution is 2.40. The summed E-state index contributed by atoms with van der Waals surface area (Å²) in [6.45, 7) is 1.70. The van der Waals surface area contributed by atoms with Gasteiger partial charge in [0.1, 0.15) is 11.9 Å². The van der Waals surface area contributed by atoms with Crippen molar-refractivity contribution in [1.82, 2.24) is 5.48 Å². The molecule has 0 aliphatic rings. The molecule has 0 aromatic heterocycles. The van der Waals surface area contributed by atoms with E-state index in [1.54, 1.807) is 43.3 Å². The summed E-state index contributed by atoms with van der Waals surface area (Å²) >= 11 is 6.60. The lowest BCUT2D eigenvalue weighted by Crippen LogP contribution is -2.22. The quantitative estimate of drug-likeness (QED) is 0.249. The summed E-state index contributed by atoms with van der Waals surface area (Å²) in [6.07, 6.45) is 0.930. The fourth-order valence-electron chi connectivity index (χ4n) is 2.42. The molecule has 0 saturated carbocycles. The Labute approximate surface area is 178 Å². The fraction of sp³-hybridized carbons (Fsp3) is 0.158. The summed E-state index contributed by atoms with van der Waals surface area (Å²) in [4.78, 5) is 23.7. The summed E-state index contributed by atoms with van der Waals surface area (Å²) in [6, 6.07) is 12.0. The summed E-state index contributed by atoms with van der Waals surface area (Å²) in [7, 11) is 0. The minimum atomic E-state index is -0.916. The average Bonchev–Trinajstić information content (AvgIpc) is 2.67. The van der Waals surface area contributed by atoms with E-state index in [9.17, 15) is 14.7 Å². The molecular weight excluding hydrogens is 496 g/mol. The highest BCUT2D eigenvalue weighted by molar-refractivity contribution is 9.11. The van der Waals surface area contributed by atoms with E-state index in [0.717, 1.165) is 6.08 Å². The van der Waals surface area contributed by atoms with Crippen LogP contribution in [-0.4, -0.2) is 22.3 Å². The zero-order chi connectivity index (χ0) is 20.7. The number of hydrogen-bond acceptors (Lipinski definition) is 5. The van der Waals surface area contributed by atoms with Gasteiger partial charge in [0.05, 0.1) is 4.47 Å². The number of ether oxygens (including phenoxy) is 1. The molecule has 0 unspecified atom stereocenters. The molecule has 2 rings (SSSR count). The molecular formula is C19H18Br2N2O5. The molecule has 0 saturated heterocycles. The van der Waals surface area contributed by atoms with E-state index in [0.29, 0.717) is 20.2 Å². The standard InChI is InChI=1S/C19H18Br2N2O5/c1-11(7-8-16(24)23-27)18(14-9-12(20)10-15(21)17(14)25)28-19(26)22-13-5-3-2-4-6-13/h2-11,18,25,27H,1H3,(H,22,26)(H,23,24)/b8-7+/t11-,18-/m0/s1. The normalized spacial score (nSPS) is 13.0. The lowest BCUT2D eigenvalue weighted by atomic mass is 9.96. The number of nitrogens with one attached hydrogen (secondary N) is 2. The van der Waals surface area contributed by atoms with Gasteiger partial charge >= 0.3 is 6.09 Å². The van der Waals surface area contributed by atoms with Crippen molar-refractivity contribution in [3.63, 3.8) is 0 Å². The fourth-order valence-corrected chi connectivity index (χ4v) is 3.68. The Hall–Kier alpha value is -2.36. The van der Waals surface area contributed by atoms with Gasteiger partial charge in [-0.2, -0.15) is 0 Å². The van der Waals surface area contributed by atoms with E-state index in [-0.39, 0.29) is 5.75 Å². The Morgan fingerprint density at radius 3 is 2.50 bits per heavy atom. The Morgan fingerprint density at radius 2 is 1.86 bits per heavy atom. The summed E-state index contributed by atoms with van der Waals surface area (Å²) < 4.78 is 6.64. The van der Waals surface area contributed by atoms with E-state index >= 15 is 0 Å². The van der Waals surface area contributed by atoms with Gasteiger partial charge in [-0.3, -0.25) is 15.3 Å². The highest BCUT2D eigenvalue weighted by Gasteiger charge is 2.26. The second-order valence-electron chi connectivity index (χ2n) is 5.84. The van der Waals surface area contributed by atoms with Crippen LogP contribution in [-0.2, 0) is 9.53 Å². The highest BCUT2D eigenvalue weighted by atomic mass is 79.9. The number of phenols is 1. The first-order valence-electron chi connectivity index (χ1n) is 8.14. The summed E-state index contributed by atoms with van der Waals surface area (Å²) in [5.41, 5.74) is 2.38. The van der Waals surface area contributed by atoms with Crippen LogP contribution in [0.1, 0.15) is 18.6 Å². The zero-order valence-corrected chi connectivity index (χ0v) is 17.9. The Kier molecular flexibility index (Phi) is 8.04. The van der Waals surface area contributed by atoms with E-state index in [2.05, 4.69) is 37.2 Å². The van der Waals surface area contributed by atoms with Crippen molar-refractivity contribution in [2.45, 2.75) is 13.0 Å². The minimum Gasteiger partial charge on any atom is -0.506 e. The maximum absolute atomic E-state index is 12.4. The first-order chi connectivity index (χ1) is 13.3. The molecule has 0 aliphatic carbocycles. The molecule has 148 valence electrons. The number of hydrogen-bond donors (Lipinski definition) is 4. The molecule has 0 bridgehead atoms. The third kappa shape index (κ3) is 6.08. The van der Waals surface area contributed by atoms with Crippen LogP contribution >= 0.6 is 31.9 Å². The number of rotatable bonds is 6. The van der Waals surface area contributed by atoms with Crippen molar-refractivity contribution < 1.29 is 24.6 Å². The number of carbonyl (C=O) groups excluding carboxylic acids is 2. The second-order valence-corrected chi connectivity index (χ2v) is 7.61. The van der Waals surface area contributed by atoms with Crippen LogP contribution in [0.25, 0.3) is 0 Å². The van der Waals surface area contributed by atoms with E-state index in [4.69, 9.17) is 9.94 Å². The average molecular weight is 514 g/mol. The largest absolute Gasteiger partial charge is 0.506 e. The second kappa shape index (κ2) is 10.3. The van der Waals surface area contributed by atoms with E-state index < -0.39 is 24.0 Å². The molecule has 7 nitrogen and oxygen atoms in total. The zero-order valence-electron chi connectivity index (χ0n) is 14.7. The third-order valence-corrected chi connectivity index (χ3v) is 4.82. The van der Waals surface area contributed by atoms with Gasteiger partial charge in [-0.15, -0.1) is 0 Å². The van der Waals surface area contributed by atoms with Crippen LogP contribution in [0.3, 0.4) is 0 Å². The van der Waals surface area contributed by atoms with Crippen molar-refractivity contribution in [2.24, 2.45) is 5.92 Å². The molecule has 2 atom stereocenters. The minimum absolute atomic E-state index is 0.0902. The van der Waals surface area contributed by atoms with Gasteiger partial charge in [-0.1, -0.05) is 47.1 Å². The number of anilines is 1. The summed E-state index contributed by atoms with van der Waals surface area (Å²) in [5, 5.41) is 21.7. The number of benzene rings is 2. The van der Waals surface area contributed by atoms with Crippen LogP contribution in [0.2, 0.25) is 0 Å². The molecule has 28 heavy (non-hydrogen) atoms. The van der Waals surface area contributed by atoms with Gasteiger partial charge in [0.2, 0.25) is 0 Å². The maximum Gasteiger partial charge on any atom is 0.412 e. The van der Waals surface area contributed by atoms with Crippen LogP contribution in [0, 0.1) is 5.92 Å². The number of hydroxylamine groups is 1. The summed E-state index contributed by atoms with van der Waals surface area (Å²) in [5.74, 6) is -1.32. The van der Waals surface area contributed by atoms with Gasteiger partial charge in [0.25, 0.3) is 5.91 Å². The first kappa shape index (κ1) is 21.9. The lowest BCUT2D eigenvalue weighted by Gasteiger charge is -2.24. The van der Waals surface area contributed by atoms with Gasteiger partial charge in [0.15, 0.2) is 0 Å². The Morgan fingerprint density at radius 1 is 1.18 bits per heavy atom. The molecule has 2 aromatic rings. The number of para-hydroxylation sites is 1. The molecule has 2 aromatic carbocycles. The maximum atomic E-state index is 12.4. The van der Waals surface area contributed by atoms with Crippen molar-refractivity contribution in [2.75, 3.05) is 5.32 Å². The molecule has 4 N–H and O–H groups in total. The molecule has 0 heterocycles. The molecule has 0 aliphatic heterocycles. The lowest BCUT2D eigenvalue weighted by molar-refractivity contribution is -0.124. The number of phenolic OH excluding ortho intramolecular Hbond substituents is 1. The number of halogens is 2. The predicted octanol–water partition coefficient (Wildman–Crippen LogP) is 4.90. The van der Waals surface area contributed by atoms with Crippen molar-refractivity contribution >= 4 is 49.5 Å². The van der Waals surface area contributed by atoms with E-state index in [1.165, 1.54) is 11.6 Å². The predicted molar refractivity (Wildman–Crippen MR) is 111 cm³/mol. The van der Waals surface area contributed by atoms with Crippen molar-refractivity contribution in [3.05, 3.63) is 69.1 Å². The monoisotopic (exact) mass is 512 g/mol. The third-order valence-electron chi connectivity index (χ3n) is 3.76. The molecule has 0 fully saturated rings. The van der Waals surface area contributed by atoms with Crippen LogP contribution in [0.4, 0.5) is 10.5 Å². The number of amides is 2. The molecule has 0 radical (unpaired) electrons. The molecule has 2 amide bonds. The van der Waals surface area contributed by atoms with Gasteiger partial charge in [-0.05, 0) is 40.2 Å². The van der Waals surface area contributed by atoms with Gasteiger partial charge in [-0.25, -0.2) is 10.3 Å². The van der Waals surface area contributed by atoms with Crippen molar-refractivity contribution in [1.29, 1.82) is 0 Å². The van der Waals surface area contributed by atoms with Crippen LogP contribution in [0.5, 0.6) is 5.75 Å². The van der Waals surface area contributed by atoms with Gasteiger partial charge < -0.3 is 9.84 Å². The molecule has 9 heteroatoms. The first-order valence-corrected chi connectivity index (χ1v) is 9.73. The Bertz CT molecular complexity index is 874. The van der Waals surface area contributed by atoms with E-state index in [1.807, 2.05) is 6.07 Å². The SMILES string of the molecule is C[C@@H](/C=C/C(=O)NO)[C@H](OC(=O)Nc1ccccc1)c1cc(Br)cc(Br)c1O. The number of aromatic hydroxyl groups is 1. The van der Waals surface area contributed by atoms with Crippen molar-refractivity contribution in [3.8, 4) is 5.75 Å². The van der Waals surface area contributed by atoms with Crippen LogP contribution < -0.4 is 10.8 Å². The smallest absolute Gasteiger partial charge is 0.412 e. The molecule has 0 spiro atoms. The Balaban J connectivity index is 2.32. The van der Waals surface area contributed by atoms with Crippen LogP contribution in [0.15, 0.2) is 63.6 Å². The topological polar surface area (TPSA) is 108 Å².